The SMILES string of the molecule is Cc1cccc2[nH]c(SCc3cccn4ccnc34)nc12. The Labute approximate surface area is 126 Å². The van der Waals surface area contributed by atoms with Crippen LogP contribution in [0.15, 0.2) is 54.1 Å². The number of hydrogen-bond acceptors (Lipinski definition) is 3. The molecule has 0 aliphatic rings. The molecule has 104 valence electrons. The summed E-state index contributed by atoms with van der Waals surface area (Å²) in [6, 6.07) is 10.4. The molecule has 4 rings (SSSR count). The normalized spacial score (nSPS) is 11.5. The number of aromatic amines is 1. The molecule has 21 heavy (non-hydrogen) atoms. The Morgan fingerprint density at radius 2 is 2.14 bits per heavy atom. The number of aromatic nitrogens is 4. The second-order valence-electron chi connectivity index (χ2n) is 4.99. The Bertz CT molecular complexity index is 922. The van der Waals surface area contributed by atoms with E-state index in [0.29, 0.717) is 0 Å². The standard InChI is InChI=1S/C16H14N4S/c1-11-4-2-6-13-14(11)19-16(18-13)21-10-12-5-3-8-20-9-7-17-15(12)20/h2-9H,10H2,1H3,(H,18,19). The lowest BCUT2D eigenvalue weighted by molar-refractivity contribution is 1.07. The largest absolute Gasteiger partial charge is 0.333 e. The van der Waals surface area contributed by atoms with E-state index in [9.17, 15) is 0 Å². The molecule has 0 radical (unpaired) electrons. The summed E-state index contributed by atoms with van der Waals surface area (Å²) in [5, 5.41) is 0.952. The van der Waals surface area contributed by atoms with Crippen molar-refractivity contribution in [2.75, 3.05) is 0 Å². The third-order valence-corrected chi connectivity index (χ3v) is 4.48. The van der Waals surface area contributed by atoms with Gasteiger partial charge in [-0.2, -0.15) is 0 Å². The van der Waals surface area contributed by atoms with Crippen molar-refractivity contribution in [3.8, 4) is 0 Å². The summed E-state index contributed by atoms with van der Waals surface area (Å²) in [6.07, 6.45) is 5.81. The minimum atomic E-state index is 0.847. The number of benzene rings is 1. The number of imidazole rings is 2. The number of thioether (sulfide) groups is 1. The number of pyridine rings is 1. The second kappa shape index (κ2) is 4.93. The van der Waals surface area contributed by atoms with Crippen LogP contribution in [0.1, 0.15) is 11.1 Å². The van der Waals surface area contributed by atoms with E-state index in [4.69, 9.17) is 0 Å². The highest BCUT2D eigenvalue weighted by molar-refractivity contribution is 7.98. The van der Waals surface area contributed by atoms with Gasteiger partial charge in [-0.05, 0) is 24.6 Å². The summed E-state index contributed by atoms with van der Waals surface area (Å²) < 4.78 is 2.04. The van der Waals surface area contributed by atoms with Crippen molar-refractivity contribution in [3.63, 3.8) is 0 Å². The minimum Gasteiger partial charge on any atom is -0.333 e. The third kappa shape index (κ3) is 2.19. The van der Waals surface area contributed by atoms with Crippen LogP contribution in [0.3, 0.4) is 0 Å². The average molecular weight is 294 g/mol. The molecule has 0 atom stereocenters. The molecular weight excluding hydrogens is 280 g/mol. The lowest BCUT2D eigenvalue weighted by atomic mass is 10.2. The quantitative estimate of drug-likeness (QED) is 0.584. The molecule has 5 heteroatoms. The number of nitrogens with zero attached hydrogens (tertiary/aromatic N) is 3. The molecule has 0 aliphatic carbocycles. The molecule has 3 aromatic heterocycles. The molecule has 0 bridgehead atoms. The Morgan fingerprint density at radius 1 is 1.19 bits per heavy atom. The molecule has 4 nitrogen and oxygen atoms in total. The van der Waals surface area contributed by atoms with Crippen molar-refractivity contribution in [1.82, 2.24) is 19.4 Å². The van der Waals surface area contributed by atoms with Crippen LogP contribution in [0.5, 0.6) is 0 Å². The molecule has 0 fully saturated rings. The zero-order chi connectivity index (χ0) is 14.2. The minimum absolute atomic E-state index is 0.847. The van der Waals surface area contributed by atoms with Crippen molar-refractivity contribution in [1.29, 1.82) is 0 Å². The van der Waals surface area contributed by atoms with E-state index in [1.54, 1.807) is 11.8 Å². The Hall–Kier alpha value is -2.27. The zero-order valence-electron chi connectivity index (χ0n) is 11.6. The number of rotatable bonds is 3. The number of aryl methyl sites for hydroxylation is 1. The van der Waals surface area contributed by atoms with Gasteiger partial charge < -0.3 is 9.38 Å². The molecule has 0 saturated heterocycles. The van der Waals surface area contributed by atoms with Gasteiger partial charge >= 0.3 is 0 Å². The van der Waals surface area contributed by atoms with Crippen molar-refractivity contribution >= 4 is 28.4 Å². The lowest BCUT2D eigenvalue weighted by Gasteiger charge is -2.01. The van der Waals surface area contributed by atoms with Crippen molar-refractivity contribution in [3.05, 3.63) is 60.0 Å². The van der Waals surface area contributed by atoms with E-state index >= 15 is 0 Å². The summed E-state index contributed by atoms with van der Waals surface area (Å²) in [5.41, 5.74) is 5.57. The van der Waals surface area contributed by atoms with Gasteiger partial charge in [-0.25, -0.2) is 9.97 Å². The van der Waals surface area contributed by atoms with E-state index in [2.05, 4.69) is 46.1 Å². The molecule has 0 aliphatic heterocycles. The van der Waals surface area contributed by atoms with Crippen LogP contribution < -0.4 is 0 Å². The number of nitrogens with one attached hydrogen (secondary N) is 1. The van der Waals surface area contributed by atoms with Crippen LogP contribution >= 0.6 is 11.8 Å². The first-order chi connectivity index (χ1) is 10.3. The average Bonchev–Trinajstić information content (AvgIpc) is 3.12. The molecule has 0 amide bonds. The number of hydrogen-bond donors (Lipinski definition) is 1. The maximum atomic E-state index is 4.68. The van der Waals surface area contributed by atoms with Gasteiger partial charge in [-0.15, -0.1) is 0 Å². The maximum absolute atomic E-state index is 4.68. The fourth-order valence-electron chi connectivity index (χ4n) is 2.49. The van der Waals surface area contributed by atoms with E-state index in [-0.39, 0.29) is 0 Å². The van der Waals surface area contributed by atoms with E-state index in [1.165, 1.54) is 11.1 Å². The summed E-state index contributed by atoms with van der Waals surface area (Å²) in [4.78, 5) is 12.5. The highest BCUT2D eigenvalue weighted by Crippen LogP contribution is 2.25. The molecule has 1 N–H and O–H groups in total. The first kappa shape index (κ1) is 12.5. The van der Waals surface area contributed by atoms with Crippen LogP contribution in [0.4, 0.5) is 0 Å². The summed E-state index contributed by atoms with van der Waals surface area (Å²) in [6.45, 7) is 2.09. The molecule has 1 aromatic carbocycles. The van der Waals surface area contributed by atoms with E-state index < -0.39 is 0 Å². The fourth-order valence-corrected chi connectivity index (χ4v) is 3.34. The predicted molar refractivity (Wildman–Crippen MR) is 85.6 cm³/mol. The predicted octanol–water partition coefficient (Wildman–Crippen LogP) is 3.81. The molecular formula is C16H14N4S. The molecule has 0 unspecified atom stereocenters. The van der Waals surface area contributed by atoms with Gasteiger partial charge in [0, 0.05) is 29.9 Å². The number of fused-ring (bicyclic) bond motifs is 2. The summed E-state index contributed by atoms with van der Waals surface area (Å²) in [5.74, 6) is 0.847. The van der Waals surface area contributed by atoms with Crippen LogP contribution in [0.2, 0.25) is 0 Å². The summed E-state index contributed by atoms with van der Waals surface area (Å²) in [7, 11) is 0. The Kier molecular flexibility index (Phi) is 2.93. The third-order valence-electron chi connectivity index (χ3n) is 3.56. The summed E-state index contributed by atoms with van der Waals surface area (Å²) >= 11 is 1.71. The fraction of sp³-hybridized carbons (Fsp3) is 0.125. The molecule has 0 saturated carbocycles. The van der Waals surface area contributed by atoms with Gasteiger partial charge in [-0.3, -0.25) is 0 Å². The van der Waals surface area contributed by atoms with Gasteiger partial charge in [0.25, 0.3) is 0 Å². The van der Waals surface area contributed by atoms with Crippen molar-refractivity contribution in [2.24, 2.45) is 0 Å². The van der Waals surface area contributed by atoms with Gasteiger partial charge in [0.1, 0.15) is 5.65 Å². The maximum Gasteiger partial charge on any atom is 0.166 e. The van der Waals surface area contributed by atoms with Gasteiger partial charge in [0.05, 0.1) is 11.0 Å². The smallest absolute Gasteiger partial charge is 0.166 e. The van der Waals surface area contributed by atoms with E-state index in [1.807, 2.05) is 29.1 Å². The number of para-hydroxylation sites is 1. The molecule has 3 heterocycles. The van der Waals surface area contributed by atoms with E-state index in [0.717, 1.165) is 27.6 Å². The Balaban J connectivity index is 1.63. The molecule has 4 aromatic rings. The zero-order valence-corrected chi connectivity index (χ0v) is 12.4. The van der Waals surface area contributed by atoms with Crippen LogP contribution in [0, 0.1) is 6.92 Å². The highest BCUT2D eigenvalue weighted by atomic mass is 32.2. The lowest BCUT2D eigenvalue weighted by Crippen LogP contribution is -1.90. The molecule has 0 spiro atoms. The van der Waals surface area contributed by atoms with Crippen LogP contribution in [-0.2, 0) is 5.75 Å². The van der Waals surface area contributed by atoms with Gasteiger partial charge in [0.2, 0.25) is 0 Å². The number of H-pyrrole nitrogens is 1. The highest BCUT2D eigenvalue weighted by Gasteiger charge is 2.07. The Morgan fingerprint density at radius 3 is 3.05 bits per heavy atom. The first-order valence-corrected chi connectivity index (χ1v) is 7.78. The van der Waals surface area contributed by atoms with Crippen LogP contribution in [-0.4, -0.2) is 19.4 Å². The first-order valence-electron chi connectivity index (χ1n) is 6.80. The van der Waals surface area contributed by atoms with Crippen molar-refractivity contribution < 1.29 is 0 Å². The van der Waals surface area contributed by atoms with Gasteiger partial charge in [-0.1, -0.05) is 30.0 Å². The monoisotopic (exact) mass is 294 g/mol. The van der Waals surface area contributed by atoms with Crippen LogP contribution in [0.25, 0.3) is 16.7 Å². The van der Waals surface area contributed by atoms with Crippen molar-refractivity contribution in [2.45, 2.75) is 17.8 Å². The second-order valence-corrected chi connectivity index (χ2v) is 5.96. The topological polar surface area (TPSA) is 46.0 Å². The van der Waals surface area contributed by atoms with Gasteiger partial charge in [0.15, 0.2) is 5.16 Å².